The maximum atomic E-state index is 12.7. The molecule has 2 N–H and O–H groups in total. The van der Waals surface area contributed by atoms with Gasteiger partial charge in [-0.15, -0.1) is 0 Å². The summed E-state index contributed by atoms with van der Waals surface area (Å²) < 4.78 is 66.5. The number of nitrogens with zero attached hydrogens (tertiary/aromatic N) is 1. The molecule has 0 saturated heterocycles. The summed E-state index contributed by atoms with van der Waals surface area (Å²) in [7, 11) is -3.94. The van der Waals surface area contributed by atoms with Gasteiger partial charge < -0.3 is 9.88 Å². The Labute approximate surface area is 178 Å². The molecular weight excluding hydrogens is 431 g/mol. The summed E-state index contributed by atoms with van der Waals surface area (Å²) in [5.41, 5.74) is 1.30. The van der Waals surface area contributed by atoms with Crippen LogP contribution < -0.4 is 10.0 Å². The molecule has 0 aliphatic carbocycles. The minimum atomic E-state index is -4.53. The maximum Gasteiger partial charge on any atom is 0.405 e. The number of rotatable bonds is 7. The zero-order valence-electron chi connectivity index (χ0n) is 16.9. The van der Waals surface area contributed by atoms with E-state index in [9.17, 15) is 26.4 Å². The lowest BCUT2D eigenvalue weighted by atomic mass is 10.2. The minimum Gasteiger partial charge on any atom is -0.347 e. The lowest BCUT2D eigenvalue weighted by Crippen LogP contribution is -2.33. The van der Waals surface area contributed by atoms with Crippen molar-refractivity contribution in [2.24, 2.45) is 5.92 Å². The van der Waals surface area contributed by atoms with E-state index in [2.05, 4.69) is 23.1 Å². The number of carbonyl (C=O) groups is 1. The first kappa shape index (κ1) is 22.7. The van der Waals surface area contributed by atoms with Crippen molar-refractivity contribution in [1.82, 2.24) is 9.88 Å². The molecule has 1 amide bonds. The quantitative estimate of drug-likeness (QED) is 0.557. The fourth-order valence-electron chi connectivity index (χ4n) is 3.10. The number of aromatic nitrogens is 1. The normalized spacial score (nSPS) is 12.3. The van der Waals surface area contributed by atoms with Gasteiger partial charge in [0, 0.05) is 34.9 Å². The van der Waals surface area contributed by atoms with Crippen molar-refractivity contribution in [3.8, 4) is 0 Å². The Balaban J connectivity index is 1.74. The van der Waals surface area contributed by atoms with Crippen LogP contribution in [0.5, 0.6) is 0 Å². The second-order valence-electron chi connectivity index (χ2n) is 7.56. The Hall–Kier alpha value is -3.01. The van der Waals surface area contributed by atoms with Gasteiger partial charge in [-0.05, 0) is 54.4 Å². The van der Waals surface area contributed by atoms with Crippen molar-refractivity contribution in [1.29, 1.82) is 0 Å². The fourth-order valence-corrected chi connectivity index (χ4v) is 4.15. The number of alkyl halides is 3. The van der Waals surface area contributed by atoms with Crippen LogP contribution in [0.25, 0.3) is 10.9 Å². The molecule has 6 nitrogen and oxygen atoms in total. The van der Waals surface area contributed by atoms with E-state index in [1.165, 1.54) is 12.1 Å². The summed E-state index contributed by atoms with van der Waals surface area (Å²) in [6.07, 6.45) is -2.58. The van der Waals surface area contributed by atoms with Crippen molar-refractivity contribution < 1.29 is 26.4 Å². The zero-order valence-corrected chi connectivity index (χ0v) is 17.7. The number of hydrogen-bond donors (Lipinski definition) is 2. The van der Waals surface area contributed by atoms with Crippen LogP contribution in [0.4, 0.5) is 18.9 Å². The molecule has 3 rings (SSSR count). The highest BCUT2D eigenvalue weighted by atomic mass is 32.2. The van der Waals surface area contributed by atoms with Crippen molar-refractivity contribution in [3.05, 3.63) is 60.3 Å². The number of amides is 1. The van der Waals surface area contributed by atoms with Crippen LogP contribution in [0, 0.1) is 5.92 Å². The number of hydrogen-bond acceptors (Lipinski definition) is 3. The third-order valence-corrected chi connectivity index (χ3v) is 5.86. The van der Waals surface area contributed by atoms with E-state index in [1.807, 2.05) is 18.3 Å². The number of fused-ring (bicyclic) bond motifs is 1. The average molecular weight is 453 g/mol. The van der Waals surface area contributed by atoms with Crippen molar-refractivity contribution in [3.63, 3.8) is 0 Å². The van der Waals surface area contributed by atoms with Gasteiger partial charge in [0.25, 0.3) is 15.9 Å². The molecule has 0 atom stereocenters. The lowest BCUT2D eigenvalue weighted by Gasteiger charge is -2.11. The van der Waals surface area contributed by atoms with E-state index in [0.29, 0.717) is 11.6 Å². The first-order valence-electron chi connectivity index (χ1n) is 9.51. The topological polar surface area (TPSA) is 80.2 Å². The third-order valence-electron chi connectivity index (χ3n) is 4.46. The number of carbonyl (C=O) groups excluding carboxylic acids is 1. The molecule has 1 aromatic heterocycles. The number of sulfonamides is 1. The van der Waals surface area contributed by atoms with E-state index < -0.39 is 28.7 Å². The van der Waals surface area contributed by atoms with Crippen molar-refractivity contribution in [2.45, 2.75) is 31.5 Å². The monoisotopic (exact) mass is 453 g/mol. The summed E-state index contributed by atoms with van der Waals surface area (Å²) in [4.78, 5) is 11.6. The molecule has 2 aromatic carbocycles. The highest BCUT2D eigenvalue weighted by Gasteiger charge is 2.28. The second-order valence-corrected chi connectivity index (χ2v) is 9.25. The molecule has 0 bridgehead atoms. The van der Waals surface area contributed by atoms with E-state index in [4.69, 9.17) is 0 Å². The summed E-state index contributed by atoms with van der Waals surface area (Å²) >= 11 is 0. The fraction of sp³-hybridized carbons (Fsp3) is 0.286. The molecule has 31 heavy (non-hydrogen) atoms. The van der Waals surface area contributed by atoms with Crippen LogP contribution in [0.1, 0.15) is 24.2 Å². The Bertz CT molecular complexity index is 1180. The SMILES string of the molecule is CC(C)Cn1ccc2cc(NS(=O)(=O)c3ccc(C(=O)NCC(F)(F)F)cc3)ccc21. The number of anilines is 1. The second kappa shape index (κ2) is 8.62. The van der Waals surface area contributed by atoms with Crippen LogP contribution in [0.2, 0.25) is 0 Å². The van der Waals surface area contributed by atoms with E-state index in [0.717, 1.165) is 29.6 Å². The van der Waals surface area contributed by atoms with Gasteiger partial charge in [0.15, 0.2) is 0 Å². The molecule has 0 aliphatic rings. The predicted molar refractivity (Wildman–Crippen MR) is 112 cm³/mol. The Kier molecular flexibility index (Phi) is 6.30. The van der Waals surface area contributed by atoms with Crippen molar-refractivity contribution in [2.75, 3.05) is 11.3 Å². The maximum absolute atomic E-state index is 12.7. The molecule has 166 valence electrons. The molecule has 3 aromatic rings. The Morgan fingerprint density at radius 2 is 1.74 bits per heavy atom. The van der Waals surface area contributed by atoms with Gasteiger partial charge in [-0.3, -0.25) is 9.52 Å². The summed E-state index contributed by atoms with van der Waals surface area (Å²) in [5.74, 6) is -0.474. The number of halogens is 3. The molecule has 0 spiro atoms. The van der Waals surface area contributed by atoms with Gasteiger partial charge in [0.05, 0.1) is 4.90 Å². The van der Waals surface area contributed by atoms with E-state index >= 15 is 0 Å². The number of nitrogens with one attached hydrogen (secondary N) is 2. The Morgan fingerprint density at radius 3 is 2.35 bits per heavy atom. The van der Waals surface area contributed by atoms with Gasteiger partial charge in [-0.25, -0.2) is 8.42 Å². The van der Waals surface area contributed by atoms with Crippen LogP contribution in [-0.4, -0.2) is 31.6 Å². The van der Waals surface area contributed by atoms with Gasteiger partial charge in [0.1, 0.15) is 6.54 Å². The van der Waals surface area contributed by atoms with Crippen LogP contribution in [0.3, 0.4) is 0 Å². The molecule has 0 fully saturated rings. The molecule has 10 heteroatoms. The largest absolute Gasteiger partial charge is 0.405 e. The Morgan fingerprint density at radius 1 is 1.06 bits per heavy atom. The summed E-state index contributed by atoms with van der Waals surface area (Å²) in [6.45, 7) is 3.60. The van der Waals surface area contributed by atoms with Crippen LogP contribution in [0.15, 0.2) is 59.6 Å². The summed E-state index contributed by atoms with van der Waals surface area (Å²) in [6, 6.07) is 11.8. The molecule has 0 aliphatic heterocycles. The smallest absolute Gasteiger partial charge is 0.347 e. The third kappa shape index (κ3) is 5.78. The standard InChI is InChI=1S/C21H22F3N3O3S/c1-14(2)12-27-10-9-16-11-17(5-8-19(16)27)26-31(29,30)18-6-3-15(4-7-18)20(28)25-13-21(22,23)24/h3-11,14,26H,12-13H2,1-2H3,(H,25,28). The van der Waals surface area contributed by atoms with Gasteiger partial charge in [-0.2, -0.15) is 13.2 Å². The molecule has 0 unspecified atom stereocenters. The highest BCUT2D eigenvalue weighted by Crippen LogP contribution is 2.24. The minimum absolute atomic E-state index is 0.0730. The van der Waals surface area contributed by atoms with Crippen molar-refractivity contribution >= 4 is 32.5 Å². The van der Waals surface area contributed by atoms with Crippen LogP contribution >= 0.6 is 0 Å². The predicted octanol–water partition coefficient (Wildman–Crippen LogP) is 4.39. The van der Waals surface area contributed by atoms with Gasteiger partial charge >= 0.3 is 6.18 Å². The van der Waals surface area contributed by atoms with Gasteiger partial charge in [-0.1, -0.05) is 13.8 Å². The highest BCUT2D eigenvalue weighted by molar-refractivity contribution is 7.92. The van der Waals surface area contributed by atoms with E-state index in [1.54, 1.807) is 17.4 Å². The first-order chi connectivity index (χ1) is 14.4. The van der Waals surface area contributed by atoms with Crippen LogP contribution in [-0.2, 0) is 16.6 Å². The zero-order chi connectivity index (χ0) is 22.8. The summed E-state index contributed by atoms with van der Waals surface area (Å²) in [5, 5.41) is 2.62. The molecular formula is C21H22F3N3O3S. The van der Waals surface area contributed by atoms with E-state index in [-0.39, 0.29) is 10.5 Å². The molecule has 0 radical (unpaired) electrons. The molecule has 0 saturated carbocycles. The number of benzene rings is 2. The van der Waals surface area contributed by atoms with Gasteiger partial charge in [0.2, 0.25) is 0 Å². The average Bonchev–Trinajstić information content (AvgIpc) is 3.06. The molecule has 1 heterocycles. The first-order valence-corrected chi connectivity index (χ1v) is 11.0. The lowest BCUT2D eigenvalue weighted by molar-refractivity contribution is -0.123.